The molecule has 0 radical (unpaired) electrons. The molecule has 0 aliphatic rings. The molecule has 0 spiro atoms. The number of anilines is 1. The second-order valence-corrected chi connectivity index (χ2v) is 4.62. The van der Waals surface area contributed by atoms with E-state index in [1.807, 2.05) is 19.9 Å². The molecule has 0 fully saturated rings. The Hall–Kier alpha value is -1.48. The predicted molar refractivity (Wildman–Crippen MR) is 77.2 cm³/mol. The largest absolute Gasteiger partial charge is 0.383 e. The molecule has 0 atom stereocenters. The lowest BCUT2D eigenvalue weighted by molar-refractivity contribution is -0.120. The topological polar surface area (TPSA) is 41.1 Å². The van der Waals surface area contributed by atoms with Gasteiger partial charge in [0.05, 0.1) is 10.7 Å². The van der Waals surface area contributed by atoms with Crippen LogP contribution in [0, 0.1) is 13.8 Å². The van der Waals surface area contributed by atoms with Crippen LogP contribution in [0.2, 0.25) is 5.02 Å². The second kappa shape index (κ2) is 7.07. The number of benzene rings is 1. The summed E-state index contributed by atoms with van der Waals surface area (Å²) in [6.07, 6.45) is 2.07. The number of carbonyl (C=O) groups excluding carboxylic acids is 1. The molecule has 1 aromatic rings. The molecule has 2 N–H and O–H groups in total. The van der Waals surface area contributed by atoms with Crippen molar-refractivity contribution in [2.75, 3.05) is 18.4 Å². The third kappa shape index (κ3) is 4.41. The monoisotopic (exact) mass is 266 g/mol. The Morgan fingerprint density at radius 2 is 2.17 bits per heavy atom. The third-order valence-corrected chi connectivity index (χ3v) is 2.83. The fraction of sp³-hybridized carbons (Fsp3) is 0.357. The maximum absolute atomic E-state index is 11.4. The van der Waals surface area contributed by atoms with Crippen molar-refractivity contribution in [1.29, 1.82) is 0 Å². The molecule has 4 heteroatoms. The first-order valence-electron chi connectivity index (χ1n) is 5.92. The molecule has 0 aliphatic carbocycles. The normalized spacial score (nSPS) is 9.94. The number of rotatable bonds is 6. The van der Waals surface area contributed by atoms with Gasteiger partial charge in [0.15, 0.2) is 0 Å². The minimum atomic E-state index is 0.00304. The molecule has 98 valence electrons. The van der Waals surface area contributed by atoms with Crippen LogP contribution in [0.4, 0.5) is 5.69 Å². The first kappa shape index (κ1) is 14.6. The van der Waals surface area contributed by atoms with E-state index in [2.05, 4.69) is 23.3 Å². The lowest BCUT2D eigenvalue weighted by atomic mass is 10.1. The summed E-state index contributed by atoms with van der Waals surface area (Å²) in [6.45, 7) is 8.61. The lowest BCUT2D eigenvalue weighted by Gasteiger charge is -2.12. The molecule has 0 aromatic heterocycles. The van der Waals surface area contributed by atoms with Crippen LogP contribution >= 0.6 is 11.6 Å². The van der Waals surface area contributed by atoms with Crippen LogP contribution in [0.5, 0.6) is 0 Å². The van der Waals surface area contributed by atoms with E-state index in [4.69, 9.17) is 11.6 Å². The highest BCUT2D eigenvalue weighted by Crippen LogP contribution is 2.27. The summed E-state index contributed by atoms with van der Waals surface area (Å²) in [5, 5.41) is 6.62. The van der Waals surface area contributed by atoms with Gasteiger partial charge in [-0.25, -0.2) is 0 Å². The van der Waals surface area contributed by atoms with E-state index in [1.54, 1.807) is 6.08 Å². The van der Waals surface area contributed by atoms with E-state index in [-0.39, 0.29) is 5.91 Å². The fourth-order valence-corrected chi connectivity index (χ4v) is 2.10. The van der Waals surface area contributed by atoms with E-state index in [0.717, 1.165) is 16.8 Å². The SMILES string of the molecule is C=CCNC(=O)CCNc1c(C)cc(C)cc1Cl. The fourth-order valence-electron chi connectivity index (χ4n) is 1.72. The molecular weight excluding hydrogens is 248 g/mol. The Kier molecular flexibility index (Phi) is 5.72. The molecule has 1 aromatic carbocycles. The first-order chi connectivity index (χ1) is 8.54. The minimum Gasteiger partial charge on any atom is -0.383 e. The molecule has 1 rings (SSSR count). The number of hydrogen-bond acceptors (Lipinski definition) is 2. The van der Waals surface area contributed by atoms with Gasteiger partial charge >= 0.3 is 0 Å². The molecule has 3 nitrogen and oxygen atoms in total. The molecule has 0 saturated heterocycles. The van der Waals surface area contributed by atoms with Gasteiger partial charge in [-0.3, -0.25) is 4.79 Å². The summed E-state index contributed by atoms with van der Waals surface area (Å²) >= 11 is 6.16. The zero-order valence-corrected chi connectivity index (χ0v) is 11.6. The van der Waals surface area contributed by atoms with E-state index in [0.29, 0.717) is 24.5 Å². The summed E-state index contributed by atoms with van der Waals surface area (Å²) in [5.41, 5.74) is 3.12. The van der Waals surface area contributed by atoms with Crippen molar-refractivity contribution in [3.8, 4) is 0 Å². The molecule has 0 unspecified atom stereocenters. The predicted octanol–water partition coefficient (Wildman–Crippen LogP) is 3.06. The maximum Gasteiger partial charge on any atom is 0.222 e. The summed E-state index contributed by atoms with van der Waals surface area (Å²) in [7, 11) is 0. The first-order valence-corrected chi connectivity index (χ1v) is 6.30. The van der Waals surface area contributed by atoms with Crippen molar-refractivity contribution in [2.45, 2.75) is 20.3 Å². The van der Waals surface area contributed by atoms with Crippen molar-refractivity contribution in [3.05, 3.63) is 40.9 Å². The van der Waals surface area contributed by atoms with Gasteiger partial charge < -0.3 is 10.6 Å². The number of carbonyl (C=O) groups is 1. The number of amides is 1. The van der Waals surface area contributed by atoms with Gasteiger partial charge in [0, 0.05) is 19.5 Å². The van der Waals surface area contributed by atoms with Gasteiger partial charge in [-0.15, -0.1) is 6.58 Å². The van der Waals surface area contributed by atoms with Gasteiger partial charge in [-0.2, -0.15) is 0 Å². The van der Waals surface area contributed by atoms with Crippen molar-refractivity contribution >= 4 is 23.2 Å². The minimum absolute atomic E-state index is 0.00304. The van der Waals surface area contributed by atoms with Gasteiger partial charge in [0.1, 0.15) is 0 Å². The summed E-state index contributed by atoms with van der Waals surface area (Å²) in [6, 6.07) is 3.97. The van der Waals surface area contributed by atoms with Gasteiger partial charge in [0.2, 0.25) is 5.91 Å². The maximum atomic E-state index is 11.4. The van der Waals surface area contributed by atoms with Crippen LogP contribution in [0.25, 0.3) is 0 Å². The summed E-state index contributed by atoms with van der Waals surface area (Å²) in [5.74, 6) is 0.00304. The molecule has 0 aliphatic heterocycles. The zero-order chi connectivity index (χ0) is 13.5. The van der Waals surface area contributed by atoms with Crippen molar-refractivity contribution in [1.82, 2.24) is 5.32 Å². The number of hydrogen-bond donors (Lipinski definition) is 2. The number of aryl methyl sites for hydroxylation is 2. The third-order valence-electron chi connectivity index (χ3n) is 2.53. The van der Waals surface area contributed by atoms with Crippen LogP contribution in [-0.4, -0.2) is 19.0 Å². The quantitative estimate of drug-likeness (QED) is 0.777. The van der Waals surface area contributed by atoms with Crippen LogP contribution in [0.1, 0.15) is 17.5 Å². The van der Waals surface area contributed by atoms with E-state index in [9.17, 15) is 4.79 Å². The van der Waals surface area contributed by atoms with E-state index >= 15 is 0 Å². The molecule has 1 amide bonds. The highest BCUT2D eigenvalue weighted by atomic mass is 35.5. The molecular formula is C14H19ClN2O. The van der Waals surface area contributed by atoms with E-state index < -0.39 is 0 Å². The van der Waals surface area contributed by atoms with Crippen molar-refractivity contribution in [2.24, 2.45) is 0 Å². The summed E-state index contributed by atoms with van der Waals surface area (Å²) < 4.78 is 0. The van der Waals surface area contributed by atoms with Crippen LogP contribution in [0.3, 0.4) is 0 Å². The van der Waals surface area contributed by atoms with Crippen molar-refractivity contribution < 1.29 is 4.79 Å². The average molecular weight is 267 g/mol. The molecule has 0 bridgehead atoms. The highest BCUT2D eigenvalue weighted by Gasteiger charge is 2.05. The van der Waals surface area contributed by atoms with Crippen LogP contribution in [0.15, 0.2) is 24.8 Å². The van der Waals surface area contributed by atoms with Crippen LogP contribution < -0.4 is 10.6 Å². The van der Waals surface area contributed by atoms with Gasteiger partial charge in [0.25, 0.3) is 0 Å². The Morgan fingerprint density at radius 3 is 2.78 bits per heavy atom. The van der Waals surface area contributed by atoms with Crippen molar-refractivity contribution in [3.63, 3.8) is 0 Å². The van der Waals surface area contributed by atoms with Gasteiger partial charge in [-0.05, 0) is 31.0 Å². The molecule has 18 heavy (non-hydrogen) atoms. The van der Waals surface area contributed by atoms with E-state index in [1.165, 1.54) is 0 Å². The lowest BCUT2D eigenvalue weighted by Crippen LogP contribution is -2.25. The number of nitrogens with one attached hydrogen (secondary N) is 2. The molecule has 0 heterocycles. The standard InChI is InChI=1S/C14H19ClN2O/c1-4-6-16-13(18)5-7-17-14-11(3)8-10(2)9-12(14)15/h4,8-9,17H,1,5-7H2,2-3H3,(H,16,18). The second-order valence-electron chi connectivity index (χ2n) is 4.21. The Bertz CT molecular complexity index is 420. The van der Waals surface area contributed by atoms with Crippen LogP contribution in [-0.2, 0) is 4.79 Å². The Morgan fingerprint density at radius 1 is 1.44 bits per heavy atom. The number of halogens is 1. The Balaban J connectivity index is 2.49. The summed E-state index contributed by atoms with van der Waals surface area (Å²) in [4.78, 5) is 11.4. The highest BCUT2D eigenvalue weighted by molar-refractivity contribution is 6.33. The Labute approximate surface area is 113 Å². The zero-order valence-electron chi connectivity index (χ0n) is 10.8. The van der Waals surface area contributed by atoms with Gasteiger partial charge in [-0.1, -0.05) is 23.7 Å². The molecule has 0 saturated carbocycles. The average Bonchev–Trinajstić information content (AvgIpc) is 2.29. The smallest absolute Gasteiger partial charge is 0.222 e.